The third-order valence-corrected chi connectivity index (χ3v) is 11.3. The molecule has 4 unspecified atom stereocenters. The van der Waals surface area contributed by atoms with E-state index in [-0.39, 0.29) is 18.4 Å². The van der Waals surface area contributed by atoms with Gasteiger partial charge in [-0.1, -0.05) is 136 Å². The Morgan fingerprint density at radius 2 is 0.851 bits per heavy atom. The Bertz CT molecular complexity index is 1070. The molecular formula is C35H66O10S2. The maximum absolute atomic E-state index is 12.8. The topological polar surface area (TPSA) is 161 Å². The van der Waals surface area contributed by atoms with Crippen molar-refractivity contribution in [2.45, 2.75) is 198 Å². The van der Waals surface area contributed by atoms with Crippen LogP contribution in [0.25, 0.3) is 0 Å². The Hall–Kier alpha value is -1.50. The summed E-state index contributed by atoms with van der Waals surface area (Å²) in [6.07, 6.45) is 19.1. The summed E-state index contributed by atoms with van der Waals surface area (Å²) in [7, 11) is -8.99. The first-order chi connectivity index (χ1) is 22.1. The lowest BCUT2D eigenvalue weighted by Crippen LogP contribution is -2.36. The van der Waals surface area contributed by atoms with Crippen molar-refractivity contribution in [1.82, 2.24) is 0 Å². The van der Waals surface area contributed by atoms with Crippen molar-refractivity contribution in [3.8, 4) is 0 Å². The van der Waals surface area contributed by atoms with E-state index < -0.39 is 61.3 Å². The molecule has 0 heterocycles. The van der Waals surface area contributed by atoms with E-state index in [2.05, 4.69) is 20.4 Å². The van der Waals surface area contributed by atoms with E-state index in [1.54, 1.807) is 0 Å². The van der Waals surface area contributed by atoms with Crippen LogP contribution in [0.5, 0.6) is 0 Å². The zero-order valence-corrected chi connectivity index (χ0v) is 31.4. The first kappa shape index (κ1) is 45.5. The number of hydrogen-bond acceptors (Lipinski definition) is 8. The van der Waals surface area contributed by atoms with Crippen LogP contribution in [0.4, 0.5) is 0 Å². The molecule has 0 amide bonds. The molecule has 0 fully saturated rings. The highest BCUT2D eigenvalue weighted by atomic mass is 32.2. The number of esters is 2. The molecule has 0 aromatic carbocycles. The number of hydrogen-bond donors (Lipinski definition) is 2. The summed E-state index contributed by atoms with van der Waals surface area (Å²) in [5, 5.41) is -2.72. The minimum atomic E-state index is -4.50. The third-order valence-electron chi connectivity index (χ3n) is 8.86. The van der Waals surface area contributed by atoms with E-state index in [9.17, 15) is 35.5 Å². The summed E-state index contributed by atoms with van der Waals surface area (Å²) < 4.78 is 77.4. The van der Waals surface area contributed by atoms with Gasteiger partial charge >= 0.3 is 11.9 Å². The maximum Gasteiger partial charge on any atom is 0.334 e. The highest BCUT2D eigenvalue weighted by molar-refractivity contribution is 7.86. The summed E-state index contributed by atoms with van der Waals surface area (Å²) in [5.41, 5.74) is -0.289. The molecule has 0 aliphatic heterocycles. The predicted octanol–water partition coefficient (Wildman–Crippen LogP) is 8.93. The van der Waals surface area contributed by atoms with Crippen LogP contribution in [0, 0.1) is 0 Å². The van der Waals surface area contributed by atoms with Crippen molar-refractivity contribution >= 4 is 32.2 Å². The van der Waals surface area contributed by atoms with E-state index in [0.29, 0.717) is 12.8 Å². The minimum Gasteiger partial charge on any atom is -0.461 e. The summed E-state index contributed by atoms with van der Waals surface area (Å²) in [5.74, 6) is -1.91. The molecule has 0 aromatic heterocycles. The van der Waals surface area contributed by atoms with Crippen LogP contribution in [-0.2, 0) is 39.3 Å². The van der Waals surface area contributed by atoms with Crippen molar-refractivity contribution in [1.29, 1.82) is 0 Å². The lowest BCUT2D eigenvalue weighted by Gasteiger charge is -2.24. The molecule has 0 saturated carbocycles. The third kappa shape index (κ3) is 23.5. The average molecular weight is 711 g/mol. The summed E-state index contributed by atoms with van der Waals surface area (Å²) >= 11 is 0. The molecule has 47 heavy (non-hydrogen) atoms. The molecular weight excluding hydrogens is 645 g/mol. The Labute approximate surface area is 286 Å². The van der Waals surface area contributed by atoms with Gasteiger partial charge in [-0.05, 0) is 39.5 Å². The molecule has 0 bridgehead atoms. The normalized spacial score (nSPS) is 14.7. The van der Waals surface area contributed by atoms with Gasteiger partial charge in [-0.25, -0.2) is 4.79 Å². The first-order valence-electron chi connectivity index (χ1n) is 18.2. The zero-order valence-electron chi connectivity index (χ0n) is 29.8. The van der Waals surface area contributed by atoms with Gasteiger partial charge in [0.05, 0.1) is 6.42 Å². The zero-order chi connectivity index (χ0) is 35.7. The average Bonchev–Trinajstić information content (AvgIpc) is 2.99. The standard InChI is InChI=1S/C35H66O10S2/c1-6-8-10-12-14-16-18-20-22-24-26-32(30(4)46(38,39)40)44-34(36)28-29(3)35(37)45-33(31(5)47(41,42)43)27-25-23-21-19-17-15-13-11-9-7-2/h30-33H,3,6-28H2,1-2,4-5H3,(H,38,39,40)(H,41,42,43). The van der Waals surface area contributed by atoms with Crippen molar-refractivity contribution < 1.29 is 45.0 Å². The van der Waals surface area contributed by atoms with Crippen molar-refractivity contribution in [3.05, 3.63) is 12.2 Å². The van der Waals surface area contributed by atoms with Crippen LogP contribution >= 0.6 is 0 Å². The fourth-order valence-corrected chi connectivity index (χ4v) is 6.66. The number of carbonyl (C=O) groups is 2. The minimum absolute atomic E-state index is 0.216. The van der Waals surface area contributed by atoms with E-state index in [4.69, 9.17) is 9.47 Å². The van der Waals surface area contributed by atoms with Gasteiger partial charge in [0.15, 0.2) is 0 Å². The summed E-state index contributed by atoms with van der Waals surface area (Å²) in [4.78, 5) is 25.5. The number of unbranched alkanes of at least 4 members (excludes halogenated alkanes) is 18. The van der Waals surface area contributed by atoms with Gasteiger partial charge in [-0.3, -0.25) is 13.9 Å². The molecule has 0 aromatic rings. The van der Waals surface area contributed by atoms with Crippen LogP contribution in [0.1, 0.15) is 175 Å². The maximum atomic E-state index is 12.8. The fraction of sp³-hybridized carbons (Fsp3) is 0.886. The molecule has 12 heteroatoms. The summed E-state index contributed by atoms with van der Waals surface area (Å²) in [6, 6.07) is 0. The molecule has 0 aliphatic carbocycles. The van der Waals surface area contributed by atoms with Crippen LogP contribution in [0.2, 0.25) is 0 Å². The SMILES string of the molecule is C=C(CC(=O)OC(CCCCCCCCCCCC)C(C)S(=O)(=O)O)C(=O)OC(CCCCCCCCCCCC)C(C)S(=O)(=O)O. The first-order valence-corrected chi connectivity index (χ1v) is 21.2. The fourth-order valence-electron chi connectivity index (χ4n) is 5.51. The Morgan fingerprint density at radius 1 is 0.553 bits per heavy atom. The molecule has 2 N–H and O–H groups in total. The number of ether oxygens (including phenoxy) is 2. The van der Waals surface area contributed by atoms with Crippen LogP contribution in [0.15, 0.2) is 12.2 Å². The molecule has 0 rings (SSSR count). The Kier molecular flexibility index (Phi) is 25.5. The second kappa shape index (κ2) is 26.4. The predicted molar refractivity (Wildman–Crippen MR) is 188 cm³/mol. The molecule has 0 radical (unpaired) electrons. The second-order valence-electron chi connectivity index (χ2n) is 13.1. The van der Waals surface area contributed by atoms with Crippen molar-refractivity contribution in [2.24, 2.45) is 0 Å². The molecule has 4 atom stereocenters. The van der Waals surface area contributed by atoms with Crippen LogP contribution < -0.4 is 0 Å². The van der Waals surface area contributed by atoms with Crippen LogP contribution in [-0.4, -0.2) is 60.6 Å². The van der Waals surface area contributed by atoms with Gasteiger partial charge in [-0.15, -0.1) is 0 Å². The lowest BCUT2D eigenvalue weighted by atomic mass is 10.0. The van der Waals surface area contributed by atoms with Gasteiger partial charge in [0.1, 0.15) is 22.7 Å². The van der Waals surface area contributed by atoms with Gasteiger partial charge in [0, 0.05) is 5.57 Å². The highest BCUT2D eigenvalue weighted by Gasteiger charge is 2.33. The molecule has 0 saturated heterocycles. The Morgan fingerprint density at radius 3 is 1.17 bits per heavy atom. The number of carbonyl (C=O) groups excluding carboxylic acids is 2. The molecule has 278 valence electrons. The van der Waals surface area contributed by atoms with Crippen molar-refractivity contribution in [3.63, 3.8) is 0 Å². The summed E-state index contributed by atoms with van der Waals surface area (Å²) in [6.45, 7) is 10.5. The van der Waals surface area contributed by atoms with Crippen molar-refractivity contribution in [2.75, 3.05) is 0 Å². The van der Waals surface area contributed by atoms with Gasteiger partial charge < -0.3 is 9.47 Å². The van der Waals surface area contributed by atoms with Gasteiger partial charge in [0.25, 0.3) is 20.2 Å². The van der Waals surface area contributed by atoms with E-state index in [1.165, 1.54) is 78.1 Å². The number of rotatable bonds is 31. The smallest absolute Gasteiger partial charge is 0.334 e. The molecule has 0 aliphatic rings. The second-order valence-corrected chi connectivity index (χ2v) is 16.7. The highest BCUT2D eigenvalue weighted by Crippen LogP contribution is 2.22. The van der Waals surface area contributed by atoms with E-state index in [1.807, 2.05) is 0 Å². The van der Waals surface area contributed by atoms with Gasteiger partial charge in [-0.2, -0.15) is 16.8 Å². The monoisotopic (exact) mass is 710 g/mol. The quantitative estimate of drug-likeness (QED) is 0.0307. The van der Waals surface area contributed by atoms with Gasteiger partial charge in [0.2, 0.25) is 0 Å². The molecule has 0 spiro atoms. The largest absolute Gasteiger partial charge is 0.461 e. The van der Waals surface area contributed by atoms with Crippen LogP contribution in [0.3, 0.4) is 0 Å². The van der Waals surface area contributed by atoms with E-state index >= 15 is 0 Å². The lowest BCUT2D eigenvalue weighted by molar-refractivity contribution is -0.152. The molecule has 10 nitrogen and oxygen atoms in total. The Balaban J connectivity index is 4.90. The van der Waals surface area contributed by atoms with E-state index in [0.717, 1.165) is 51.4 Å².